The van der Waals surface area contributed by atoms with E-state index in [9.17, 15) is 13.2 Å². The molecule has 0 heterocycles. The lowest BCUT2D eigenvalue weighted by Gasteiger charge is -2.24. The van der Waals surface area contributed by atoms with Gasteiger partial charge in [0.15, 0.2) is 0 Å². The van der Waals surface area contributed by atoms with Crippen molar-refractivity contribution in [3.05, 3.63) is 54.1 Å². The summed E-state index contributed by atoms with van der Waals surface area (Å²) >= 11 is 0. The Morgan fingerprint density at radius 1 is 1.04 bits per heavy atom. The maximum atomic E-state index is 13.2. The summed E-state index contributed by atoms with van der Waals surface area (Å²) in [5.41, 5.74) is 1.46. The van der Waals surface area contributed by atoms with Crippen LogP contribution in [0.2, 0.25) is 0 Å². The Bertz CT molecular complexity index is 862. The molecule has 2 aromatic carbocycles. The summed E-state index contributed by atoms with van der Waals surface area (Å²) in [7, 11) is -2.39. The molecule has 6 nitrogen and oxygen atoms in total. The molecule has 0 unspecified atom stereocenters. The van der Waals surface area contributed by atoms with E-state index in [1.807, 2.05) is 19.1 Å². The van der Waals surface area contributed by atoms with Crippen molar-refractivity contribution in [3.8, 4) is 5.75 Å². The largest absolute Gasteiger partial charge is 0.497 e. The Labute approximate surface area is 167 Å². The van der Waals surface area contributed by atoms with Gasteiger partial charge in [-0.25, -0.2) is 8.42 Å². The van der Waals surface area contributed by atoms with Gasteiger partial charge in [-0.2, -0.15) is 0 Å². The number of hydrogen-bond acceptors (Lipinski definition) is 4. The predicted octanol–water partition coefficient (Wildman–Crippen LogP) is 3.51. The summed E-state index contributed by atoms with van der Waals surface area (Å²) in [6.45, 7) is 4.27. The lowest BCUT2D eigenvalue weighted by molar-refractivity contribution is -0.119. The van der Waals surface area contributed by atoms with Crippen molar-refractivity contribution in [2.45, 2.75) is 38.0 Å². The fourth-order valence-electron chi connectivity index (χ4n) is 2.69. The number of carbonyl (C=O) groups excluding carboxylic acids is 1. The molecule has 7 heteroatoms. The number of benzene rings is 2. The van der Waals surface area contributed by atoms with E-state index in [0.29, 0.717) is 18.0 Å². The molecular formula is C21H28N2O4S. The molecule has 0 spiro atoms. The lowest BCUT2D eigenvalue weighted by atomic mass is 10.2. The maximum Gasteiger partial charge on any atom is 0.264 e. The highest BCUT2D eigenvalue weighted by atomic mass is 32.2. The monoisotopic (exact) mass is 404 g/mol. The summed E-state index contributed by atoms with van der Waals surface area (Å²) < 4.78 is 32.7. The topological polar surface area (TPSA) is 75.7 Å². The minimum absolute atomic E-state index is 0.104. The number of methoxy groups -OCH3 is 1. The first-order valence-electron chi connectivity index (χ1n) is 9.38. The van der Waals surface area contributed by atoms with E-state index in [1.54, 1.807) is 24.3 Å². The van der Waals surface area contributed by atoms with E-state index < -0.39 is 10.0 Å². The number of nitrogens with one attached hydrogen (secondary N) is 1. The van der Waals surface area contributed by atoms with E-state index in [4.69, 9.17) is 4.74 Å². The molecule has 1 N–H and O–H groups in total. The van der Waals surface area contributed by atoms with Crippen LogP contribution in [0.15, 0.2) is 53.4 Å². The SMILES string of the molecule is CCCCCNC(=O)CN(c1ccc(C)cc1)S(=O)(=O)c1ccc(OC)cc1. The molecule has 1 amide bonds. The number of amides is 1. The first-order valence-corrected chi connectivity index (χ1v) is 10.8. The number of unbranched alkanes of at least 4 members (excludes halogenated alkanes) is 2. The molecule has 0 atom stereocenters. The first-order chi connectivity index (χ1) is 13.4. The summed E-state index contributed by atoms with van der Waals surface area (Å²) in [5.74, 6) is 0.239. The second kappa shape index (κ2) is 10.1. The standard InChI is InChI=1S/C21H28N2O4S/c1-4-5-6-15-22-21(24)16-23(18-9-7-17(2)8-10-18)28(25,26)20-13-11-19(27-3)12-14-20/h7-14H,4-6,15-16H2,1-3H3,(H,22,24). The molecule has 0 aliphatic rings. The van der Waals surface area contributed by atoms with Crippen LogP contribution in [0.4, 0.5) is 5.69 Å². The zero-order chi connectivity index (χ0) is 20.6. The molecule has 2 rings (SSSR count). The van der Waals surface area contributed by atoms with Gasteiger partial charge in [-0.1, -0.05) is 37.5 Å². The molecule has 2 aromatic rings. The Hall–Kier alpha value is -2.54. The van der Waals surface area contributed by atoms with E-state index in [1.165, 1.54) is 19.2 Å². The minimum atomic E-state index is -3.91. The van der Waals surface area contributed by atoms with Crippen molar-refractivity contribution < 1.29 is 17.9 Å². The molecule has 0 saturated carbocycles. The number of rotatable bonds is 10. The highest BCUT2D eigenvalue weighted by Crippen LogP contribution is 2.25. The van der Waals surface area contributed by atoms with Gasteiger partial charge in [-0.3, -0.25) is 9.10 Å². The molecule has 0 aliphatic carbocycles. The normalized spacial score (nSPS) is 11.1. The highest BCUT2D eigenvalue weighted by molar-refractivity contribution is 7.92. The van der Waals surface area contributed by atoms with Crippen LogP contribution in [0, 0.1) is 6.92 Å². The fourth-order valence-corrected chi connectivity index (χ4v) is 4.11. The van der Waals surface area contributed by atoms with Crippen LogP contribution in [0.25, 0.3) is 0 Å². The molecule has 0 fully saturated rings. The molecule has 0 radical (unpaired) electrons. The van der Waals surface area contributed by atoms with Gasteiger partial charge in [0.25, 0.3) is 10.0 Å². The molecule has 0 aromatic heterocycles. The van der Waals surface area contributed by atoms with Crippen LogP contribution < -0.4 is 14.4 Å². The summed E-state index contributed by atoms with van der Waals surface area (Å²) in [6.07, 6.45) is 2.95. The Morgan fingerprint density at radius 3 is 2.25 bits per heavy atom. The molecule has 152 valence electrons. The van der Waals surface area contributed by atoms with Crippen LogP contribution in [0.1, 0.15) is 31.7 Å². The smallest absolute Gasteiger partial charge is 0.264 e. The van der Waals surface area contributed by atoms with Crippen molar-refractivity contribution in [1.82, 2.24) is 5.32 Å². The second-order valence-electron chi connectivity index (χ2n) is 6.58. The summed E-state index contributed by atoms with van der Waals surface area (Å²) in [5, 5.41) is 2.81. The fraction of sp³-hybridized carbons (Fsp3) is 0.381. The molecule has 28 heavy (non-hydrogen) atoms. The zero-order valence-electron chi connectivity index (χ0n) is 16.6. The predicted molar refractivity (Wildman–Crippen MR) is 111 cm³/mol. The molecule has 0 saturated heterocycles. The van der Waals surface area contributed by atoms with Gasteiger partial charge in [-0.05, 0) is 49.7 Å². The highest BCUT2D eigenvalue weighted by Gasteiger charge is 2.27. The third-order valence-electron chi connectivity index (χ3n) is 4.36. The van der Waals surface area contributed by atoms with Gasteiger partial charge < -0.3 is 10.1 Å². The van der Waals surface area contributed by atoms with Crippen LogP contribution in [-0.4, -0.2) is 34.5 Å². The quantitative estimate of drug-likeness (QED) is 0.615. The molecule has 0 bridgehead atoms. The van der Waals surface area contributed by atoms with E-state index >= 15 is 0 Å². The van der Waals surface area contributed by atoms with Crippen molar-refractivity contribution in [3.63, 3.8) is 0 Å². The van der Waals surface area contributed by atoms with Crippen molar-refractivity contribution in [2.75, 3.05) is 24.5 Å². The van der Waals surface area contributed by atoms with Crippen molar-refractivity contribution >= 4 is 21.6 Å². The average molecular weight is 405 g/mol. The summed E-state index contributed by atoms with van der Waals surface area (Å²) in [4.78, 5) is 12.5. The average Bonchev–Trinajstić information content (AvgIpc) is 2.70. The number of nitrogens with zero attached hydrogens (tertiary/aromatic N) is 1. The number of carbonyl (C=O) groups is 1. The van der Waals surface area contributed by atoms with E-state index in [-0.39, 0.29) is 17.3 Å². The number of ether oxygens (including phenoxy) is 1. The van der Waals surface area contributed by atoms with E-state index in [0.717, 1.165) is 29.1 Å². The van der Waals surface area contributed by atoms with Crippen LogP contribution in [0.5, 0.6) is 5.75 Å². The van der Waals surface area contributed by atoms with Gasteiger partial charge in [0, 0.05) is 6.54 Å². The molecule has 0 aliphatic heterocycles. The third kappa shape index (κ3) is 5.73. The summed E-state index contributed by atoms with van der Waals surface area (Å²) in [6, 6.07) is 13.2. The Balaban J connectivity index is 2.28. The number of anilines is 1. The first kappa shape index (κ1) is 21.8. The van der Waals surface area contributed by atoms with Gasteiger partial charge in [0.1, 0.15) is 12.3 Å². The van der Waals surface area contributed by atoms with Gasteiger partial charge in [0.2, 0.25) is 5.91 Å². The van der Waals surface area contributed by atoms with Gasteiger partial charge >= 0.3 is 0 Å². The number of aryl methyl sites for hydroxylation is 1. The van der Waals surface area contributed by atoms with E-state index in [2.05, 4.69) is 12.2 Å². The minimum Gasteiger partial charge on any atom is -0.497 e. The number of hydrogen-bond donors (Lipinski definition) is 1. The molecular weight excluding hydrogens is 376 g/mol. The second-order valence-corrected chi connectivity index (χ2v) is 8.44. The number of sulfonamides is 1. The van der Waals surface area contributed by atoms with Crippen LogP contribution in [0.3, 0.4) is 0 Å². The van der Waals surface area contributed by atoms with Crippen LogP contribution in [-0.2, 0) is 14.8 Å². The Morgan fingerprint density at radius 2 is 1.68 bits per heavy atom. The van der Waals surface area contributed by atoms with Crippen molar-refractivity contribution in [2.24, 2.45) is 0 Å². The zero-order valence-corrected chi connectivity index (χ0v) is 17.5. The van der Waals surface area contributed by atoms with Gasteiger partial charge in [0.05, 0.1) is 17.7 Å². The lowest BCUT2D eigenvalue weighted by Crippen LogP contribution is -2.41. The third-order valence-corrected chi connectivity index (χ3v) is 6.15. The Kier molecular flexibility index (Phi) is 7.87. The van der Waals surface area contributed by atoms with Crippen molar-refractivity contribution in [1.29, 1.82) is 0 Å². The van der Waals surface area contributed by atoms with Crippen LogP contribution >= 0.6 is 0 Å². The van der Waals surface area contributed by atoms with Gasteiger partial charge in [-0.15, -0.1) is 0 Å². The maximum absolute atomic E-state index is 13.2.